The van der Waals surface area contributed by atoms with Crippen LogP contribution >= 0.6 is 15.9 Å². The molecule has 2 N–H and O–H groups in total. The number of para-hydroxylation sites is 1. The van der Waals surface area contributed by atoms with E-state index in [0.29, 0.717) is 15.9 Å². The molecule has 0 saturated carbocycles. The number of nitrogens with one attached hydrogen (secondary N) is 2. The Kier molecular flexibility index (Phi) is 4.59. The molecule has 128 valence electrons. The third-order valence-electron chi connectivity index (χ3n) is 3.80. The Balaban J connectivity index is 1.94. The van der Waals surface area contributed by atoms with E-state index in [9.17, 15) is 14.0 Å². The predicted molar refractivity (Wildman–Crippen MR) is 99.3 cm³/mol. The molecule has 5 nitrogen and oxygen atoms in total. The normalized spacial score (nSPS) is 10.7. The van der Waals surface area contributed by atoms with Crippen molar-refractivity contribution in [1.29, 1.82) is 0 Å². The van der Waals surface area contributed by atoms with Gasteiger partial charge < -0.3 is 15.2 Å². The van der Waals surface area contributed by atoms with Gasteiger partial charge in [0.2, 0.25) is 5.91 Å². The molecule has 3 rings (SSSR count). The van der Waals surface area contributed by atoms with Gasteiger partial charge in [-0.2, -0.15) is 0 Å². The molecule has 25 heavy (non-hydrogen) atoms. The van der Waals surface area contributed by atoms with Crippen molar-refractivity contribution in [3.05, 3.63) is 58.4 Å². The lowest BCUT2D eigenvalue weighted by Gasteiger charge is -2.10. The number of carbonyl (C=O) groups is 2. The average molecular weight is 404 g/mol. The summed E-state index contributed by atoms with van der Waals surface area (Å²) >= 11 is 3.48. The Morgan fingerprint density at radius 1 is 1.12 bits per heavy atom. The molecular weight excluding hydrogens is 389 g/mol. The van der Waals surface area contributed by atoms with Crippen LogP contribution in [0.25, 0.3) is 10.9 Å². The molecule has 3 aromatic rings. The van der Waals surface area contributed by atoms with Gasteiger partial charge in [-0.05, 0) is 40.2 Å². The Labute approximate surface area is 152 Å². The number of anilines is 2. The lowest BCUT2D eigenvalue weighted by Crippen LogP contribution is -2.16. The van der Waals surface area contributed by atoms with E-state index >= 15 is 0 Å². The highest BCUT2D eigenvalue weighted by Crippen LogP contribution is 2.31. The molecule has 0 spiro atoms. The van der Waals surface area contributed by atoms with Crippen LogP contribution in [0.5, 0.6) is 0 Å². The number of nitrogens with zero attached hydrogens (tertiary/aromatic N) is 1. The summed E-state index contributed by atoms with van der Waals surface area (Å²) in [5.74, 6) is -1.30. The first-order valence-corrected chi connectivity index (χ1v) is 8.29. The number of benzene rings is 2. The van der Waals surface area contributed by atoms with E-state index in [4.69, 9.17) is 0 Å². The maximum atomic E-state index is 13.7. The van der Waals surface area contributed by atoms with Gasteiger partial charge in [0, 0.05) is 30.6 Å². The van der Waals surface area contributed by atoms with E-state index in [0.717, 1.165) is 10.9 Å². The van der Waals surface area contributed by atoms with Gasteiger partial charge in [0.25, 0.3) is 5.91 Å². The van der Waals surface area contributed by atoms with E-state index in [2.05, 4.69) is 26.6 Å². The van der Waals surface area contributed by atoms with Crippen molar-refractivity contribution in [2.45, 2.75) is 6.92 Å². The second-order valence-corrected chi connectivity index (χ2v) is 6.36. The summed E-state index contributed by atoms with van der Waals surface area (Å²) < 4.78 is 16.2. The third-order valence-corrected chi connectivity index (χ3v) is 4.60. The van der Waals surface area contributed by atoms with Crippen LogP contribution in [0.4, 0.5) is 15.8 Å². The van der Waals surface area contributed by atoms with E-state index in [1.165, 1.54) is 25.1 Å². The van der Waals surface area contributed by atoms with Crippen LogP contribution in [0.15, 0.2) is 46.9 Å². The van der Waals surface area contributed by atoms with Crippen molar-refractivity contribution >= 4 is 50.0 Å². The average Bonchev–Trinajstić information content (AvgIpc) is 2.82. The van der Waals surface area contributed by atoms with E-state index in [-0.39, 0.29) is 17.5 Å². The Morgan fingerprint density at radius 2 is 1.84 bits per heavy atom. The first-order valence-electron chi connectivity index (χ1n) is 7.50. The van der Waals surface area contributed by atoms with Gasteiger partial charge in [0.1, 0.15) is 11.5 Å². The van der Waals surface area contributed by atoms with Crippen LogP contribution in [0.1, 0.15) is 17.4 Å². The van der Waals surface area contributed by atoms with Crippen molar-refractivity contribution in [3.63, 3.8) is 0 Å². The standard InChI is InChI=1S/C18H15BrFN3O2/c1-10(24)21-14-9-11(7-8-13(14)20)22-18(25)17-16(19)12-5-3-4-6-15(12)23(17)2/h3-9H,1-2H3,(H,21,24)(H,22,25). The minimum absolute atomic E-state index is 0.0152. The summed E-state index contributed by atoms with van der Waals surface area (Å²) in [6, 6.07) is 11.6. The number of halogens is 2. The van der Waals surface area contributed by atoms with Crippen molar-refractivity contribution in [1.82, 2.24) is 4.57 Å². The second-order valence-electron chi connectivity index (χ2n) is 5.57. The van der Waals surface area contributed by atoms with Gasteiger partial charge in [0.15, 0.2) is 0 Å². The van der Waals surface area contributed by atoms with E-state index in [1.807, 2.05) is 24.3 Å². The van der Waals surface area contributed by atoms with Crippen LogP contribution in [-0.2, 0) is 11.8 Å². The fraction of sp³-hybridized carbons (Fsp3) is 0.111. The molecule has 0 aliphatic carbocycles. The SMILES string of the molecule is CC(=O)Nc1cc(NC(=O)c2c(Br)c3ccccc3n2C)ccc1F. The molecular formula is C18H15BrFN3O2. The number of amides is 2. The van der Waals surface area contributed by atoms with Gasteiger partial charge >= 0.3 is 0 Å². The molecule has 7 heteroatoms. The van der Waals surface area contributed by atoms with Gasteiger partial charge in [-0.3, -0.25) is 9.59 Å². The van der Waals surface area contributed by atoms with Gasteiger partial charge in [-0.15, -0.1) is 0 Å². The number of rotatable bonds is 3. The molecule has 2 amide bonds. The highest BCUT2D eigenvalue weighted by atomic mass is 79.9. The topological polar surface area (TPSA) is 63.1 Å². The molecule has 1 heterocycles. The molecule has 0 unspecified atom stereocenters. The highest BCUT2D eigenvalue weighted by molar-refractivity contribution is 9.10. The summed E-state index contributed by atoms with van der Waals surface area (Å²) in [4.78, 5) is 23.8. The Bertz CT molecular complexity index is 958. The van der Waals surface area contributed by atoms with Crippen LogP contribution in [0.2, 0.25) is 0 Å². The predicted octanol–water partition coefficient (Wildman–Crippen LogP) is 4.29. The fourth-order valence-electron chi connectivity index (χ4n) is 2.68. The summed E-state index contributed by atoms with van der Waals surface area (Å²) in [5, 5.41) is 6.05. The summed E-state index contributed by atoms with van der Waals surface area (Å²) in [7, 11) is 1.80. The minimum Gasteiger partial charge on any atom is -0.339 e. The fourth-order valence-corrected chi connectivity index (χ4v) is 3.46. The number of carbonyl (C=O) groups excluding carboxylic acids is 2. The lowest BCUT2D eigenvalue weighted by atomic mass is 10.2. The first kappa shape index (κ1) is 17.2. The summed E-state index contributed by atoms with van der Waals surface area (Å²) in [5.41, 5.74) is 1.76. The number of fused-ring (bicyclic) bond motifs is 1. The zero-order valence-corrected chi connectivity index (χ0v) is 15.1. The van der Waals surface area contributed by atoms with Crippen LogP contribution in [0, 0.1) is 5.82 Å². The first-order chi connectivity index (χ1) is 11.9. The zero-order valence-electron chi connectivity index (χ0n) is 13.6. The maximum absolute atomic E-state index is 13.7. The second kappa shape index (κ2) is 6.68. The van der Waals surface area contributed by atoms with Crippen molar-refractivity contribution in [2.24, 2.45) is 7.05 Å². The van der Waals surface area contributed by atoms with Crippen molar-refractivity contribution in [2.75, 3.05) is 10.6 Å². The van der Waals surface area contributed by atoms with Crippen LogP contribution < -0.4 is 10.6 Å². The molecule has 0 atom stereocenters. The summed E-state index contributed by atoms with van der Waals surface area (Å²) in [6.45, 7) is 1.29. The number of hydrogen-bond donors (Lipinski definition) is 2. The molecule has 0 radical (unpaired) electrons. The maximum Gasteiger partial charge on any atom is 0.273 e. The minimum atomic E-state index is -0.570. The molecule has 2 aromatic carbocycles. The third kappa shape index (κ3) is 3.28. The van der Waals surface area contributed by atoms with Gasteiger partial charge in [0.05, 0.1) is 10.2 Å². The Morgan fingerprint density at radius 3 is 2.52 bits per heavy atom. The molecule has 1 aromatic heterocycles. The summed E-state index contributed by atoms with van der Waals surface area (Å²) in [6.07, 6.45) is 0. The molecule has 0 saturated heterocycles. The number of hydrogen-bond acceptors (Lipinski definition) is 2. The van der Waals surface area contributed by atoms with Crippen LogP contribution in [0.3, 0.4) is 0 Å². The number of aryl methyl sites for hydroxylation is 1. The van der Waals surface area contributed by atoms with Crippen molar-refractivity contribution < 1.29 is 14.0 Å². The molecule has 0 fully saturated rings. The quantitative estimate of drug-likeness (QED) is 0.684. The van der Waals surface area contributed by atoms with Crippen molar-refractivity contribution in [3.8, 4) is 0 Å². The van der Waals surface area contributed by atoms with E-state index in [1.54, 1.807) is 11.6 Å². The highest BCUT2D eigenvalue weighted by Gasteiger charge is 2.19. The van der Waals surface area contributed by atoms with E-state index < -0.39 is 5.82 Å². The van der Waals surface area contributed by atoms with Gasteiger partial charge in [-0.1, -0.05) is 18.2 Å². The lowest BCUT2D eigenvalue weighted by molar-refractivity contribution is -0.114. The monoisotopic (exact) mass is 403 g/mol. The smallest absolute Gasteiger partial charge is 0.273 e. The number of aromatic nitrogens is 1. The van der Waals surface area contributed by atoms with Crippen LogP contribution in [-0.4, -0.2) is 16.4 Å². The molecule has 0 bridgehead atoms. The Hall–Kier alpha value is -2.67. The van der Waals surface area contributed by atoms with Gasteiger partial charge in [-0.25, -0.2) is 4.39 Å². The molecule has 0 aliphatic rings. The largest absolute Gasteiger partial charge is 0.339 e. The zero-order chi connectivity index (χ0) is 18.1. The molecule has 0 aliphatic heterocycles.